The Labute approximate surface area is 124 Å². The Kier molecular flexibility index (Phi) is 4.11. The first-order valence-electron chi connectivity index (χ1n) is 5.77. The third-order valence-corrected chi connectivity index (χ3v) is 3.25. The summed E-state index contributed by atoms with van der Waals surface area (Å²) in [6.45, 7) is 1.91. The normalized spacial score (nSPS) is 10.1. The second kappa shape index (κ2) is 5.80. The van der Waals surface area contributed by atoms with E-state index in [9.17, 15) is 4.79 Å². The minimum absolute atomic E-state index is 0.150. The van der Waals surface area contributed by atoms with Crippen LogP contribution in [0.5, 0.6) is 0 Å². The molecule has 1 aromatic carbocycles. The molecule has 0 saturated heterocycles. The zero-order chi connectivity index (χ0) is 14.7. The molecule has 6 heteroatoms. The number of aryl methyl sites for hydroxylation is 1. The van der Waals surface area contributed by atoms with Gasteiger partial charge in [-0.1, -0.05) is 15.9 Å². The molecule has 0 radical (unpaired) electrons. The second-order valence-corrected chi connectivity index (χ2v) is 5.06. The first-order valence-corrected chi connectivity index (χ1v) is 6.56. The number of benzene rings is 1. The van der Waals surface area contributed by atoms with E-state index in [0.29, 0.717) is 29.3 Å². The van der Waals surface area contributed by atoms with E-state index in [1.54, 1.807) is 25.1 Å². The van der Waals surface area contributed by atoms with E-state index in [-0.39, 0.29) is 5.56 Å². The van der Waals surface area contributed by atoms with E-state index in [0.717, 1.165) is 4.47 Å². The molecule has 5 nitrogen and oxygen atoms in total. The maximum atomic E-state index is 10.9. The first kappa shape index (κ1) is 14.2. The summed E-state index contributed by atoms with van der Waals surface area (Å²) in [5.41, 5.74) is 1.32. The Morgan fingerprint density at radius 3 is 2.85 bits per heavy atom. The summed E-state index contributed by atoms with van der Waals surface area (Å²) in [7, 11) is 0. The number of nitrogens with one attached hydrogen (secondary N) is 1. The average molecular weight is 335 g/mol. The minimum atomic E-state index is -1.02. The van der Waals surface area contributed by atoms with E-state index < -0.39 is 5.97 Å². The SMILES string of the molecule is Cc1oc(CNc2cc(Br)ccc2C#N)cc1C(=O)O. The number of anilines is 1. The van der Waals surface area contributed by atoms with Crippen molar-refractivity contribution in [1.82, 2.24) is 0 Å². The molecule has 0 bridgehead atoms. The van der Waals surface area contributed by atoms with Gasteiger partial charge in [0.2, 0.25) is 0 Å². The van der Waals surface area contributed by atoms with E-state index >= 15 is 0 Å². The van der Waals surface area contributed by atoms with Gasteiger partial charge in [0.25, 0.3) is 0 Å². The fourth-order valence-corrected chi connectivity index (χ4v) is 2.15. The Morgan fingerprint density at radius 1 is 1.50 bits per heavy atom. The molecule has 2 rings (SSSR count). The van der Waals surface area contributed by atoms with Crippen molar-refractivity contribution in [2.75, 3.05) is 5.32 Å². The second-order valence-electron chi connectivity index (χ2n) is 4.14. The molecule has 0 amide bonds. The molecule has 2 N–H and O–H groups in total. The number of carboxylic acids is 1. The van der Waals surface area contributed by atoms with Gasteiger partial charge < -0.3 is 14.8 Å². The molecule has 0 fully saturated rings. The zero-order valence-corrected chi connectivity index (χ0v) is 12.2. The summed E-state index contributed by atoms with van der Waals surface area (Å²) >= 11 is 3.34. The monoisotopic (exact) mass is 334 g/mol. The molecule has 1 heterocycles. The van der Waals surface area contributed by atoms with Crippen molar-refractivity contribution in [1.29, 1.82) is 5.26 Å². The van der Waals surface area contributed by atoms with E-state index in [2.05, 4.69) is 27.3 Å². The van der Waals surface area contributed by atoms with Crippen LogP contribution >= 0.6 is 15.9 Å². The Bertz CT molecular complexity index is 701. The van der Waals surface area contributed by atoms with Gasteiger partial charge in [-0.05, 0) is 31.2 Å². The third kappa shape index (κ3) is 3.00. The molecule has 1 aromatic heterocycles. The number of carboxylic acid groups (broad SMARTS) is 1. The largest absolute Gasteiger partial charge is 0.478 e. The lowest BCUT2D eigenvalue weighted by Gasteiger charge is -2.06. The maximum Gasteiger partial charge on any atom is 0.339 e. The van der Waals surface area contributed by atoms with E-state index in [1.807, 2.05) is 0 Å². The molecular weight excluding hydrogens is 324 g/mol. The highest BCUT2D eigenvalue weighted by molar-refractivity contribution is 9.10. The molecule has 0 spiro atoms. The minimum Gasteiger partial charge on any atom is -0.478 e. The lowest BCUT2D eigenvalue weighted by atomic mass is 10.2. The molecule has 0 aliphatic rings. The number of rotatable bonds is 4. The molecular formula is C14H11BrN2O3. The molecule has 0 aliphatic heterocycles. The Morgan fingerprint density at radius 2 is 2.25 bits per heavy atom. The van der Waals surface area contributed by atoms with Crippen LogP contribution in [0.3, 0.4) is 0 Å². The fraction of sp³-hybridized carbons (Fsp3) is 0.143. The number of hydrogen-bond donors (Lipinski definition) is 2. The van der Waals surface area contributed by atoms with Crippen LogP contribution in [-0.4, -0.2) is 11.1 Å². The summed E-state index contributed by atoms with van der Waals surface area (Å²) in [4.78, 5) is 10.9. The quantitative estimate of drug-likeness (QED) is 0.893. The standard InChI is InChI=1S/C14H11BrN2O3/c1-8-12(14(18)19)5-11(20-8)7-17-13-4-10(15)3-2-9(13)6-16/h2-5,17H,7H2,1H3,(H,18,19). The molecule has 2 aromatic rings. The van der Waals surface area contributed by atoms with Crippen molar-refractivity contribution in [2.45, 2.75) is 13.5 Å². The predicted octanol–water partition coefficient (Wildman–Crippen LogP) is 3.53. The van der Waals surface area contributed by atoms with Crippen LogP contribution in [0.2, 0.25) is 0 Å². The maximum absolute atomic E-state index is 10.9. The van der Waals surface area contributed by atoms with Crippen LogP contribution in [0.4, 0.5) is 5.69 Å². The van der Waals surface area contributed by atoms with Crippen molar-refractivity contribution in [3.63, 3.8) is 0 Å². The number of aromatic carboxylic acids is 1. The lowest BCUT2D eigenvalue weighted by molar-refractivity contribution is 0.0695. The average Bonchev–Trinajstić information content (AvgIpc) is 2.78. The first-order chi connectivity index (χ1) is 9.51. The number of carbonyl (C=O) groups is 1. The van der Waals surface area contributed by atoms with Gasteiger partial charge >= 0.3 is 5.97 Å². The van der Waals surface area contributed by atoms with Crippen molar-refractivity contribution in [3.05, 3.63) is 51.4 Å². The van der Waals surface area contributed by atoms with E-state index in [1.165, 1.54) is 6.07 Å². The van der Waals surface area contributed by atoms with Gasteiger partial charge in [-0.3, -0.25) is 0 Å². The smallest absolute Gasteiger partial charge is 0.339 e. The molecule has 0 unspecified atom stereocenters. The number of nitrogens with zero attached hydrogens (tertiary/aromatic N) is 1. The van der Waals surface area contributed by atoms with Gasteiger partial charge in [0, 0.05) is 4.47 Å². The van der Waals surface area contributed by atoms with Crippen LogP contribution in [-0.2, 0) is 6.54 Å². The molecule has 0 aliphatic carbocycles. The van der Waals surface area contributed by atoms with Crippen LogP contribution in [0.1, 0.15) is 27.4 Å². The highest BCUT2D eigenvalue weighted by atomic mass is 79.9. The summed E-state index contributed by atoms with van der Waals surface area (Å²) in [6.07, 6.45) is 0. The van der Waals surface area contributed by atoms with Crippen LogP contribution in [0, 0.1) is 18.3 Å². The third-order valence-electron chi connectivity index (χ3n) is 2.75. The van der Waals surface area contributed by atoms with E-state index in [4.69, 9.17) is 14.8 Å². The summed E-state index contributed by atoms with van der Waals surface area (Å²) in [5, 5.41) is 21.0. The van der Waals surface area contributed by atoms with Crippen LogP contribution in [0.15, 0.2) is 33.2 Å². The number of halogens is 1. The number of hydrogen-bond acceptors (Lipinski definition) is 4. The molecule has 102 valence electrons. The molecule has 0 atom stereocenters. The Hall–Kier alpha value is -2.26. The summed E-state index contributed by atoms with van der Waals surface area (Å²) in [5.74, 6) is -0.148. The molecule has 0 saturated carbocycles. The predicted molar refractivity (Wildman–Crippen MR) is 76.6 cm³/mol. The van der Waals surface area contributed by atoms with Crippen molar-refractivity contribution >= 4 is 27.6 Å². The molecule has 20 heavy (non-hydrogen) atoms. The highest BCUT2D eigenvalue weighted by Crippen LogP contribution is 2.22. The van der Waals surface area contributed by atoms with Crippen molar-refractivity contribution in [2.24, 2.45) is 0 Å². The lowest BCUT2D eigenvalue weighted by Crippen LogP contribution is -2.00. The highest BCUT2D eigenvalue weighted by Gasteiger charge is 2.13. The Balaban J connectivity index is 2.17. The zero-order valence-electron chi connectivity index (χ0n) is 10.6. The van der Waals surface area contributed by atoms with Crippen LogP contribution < -0.4 is 5.32 Å². The van der Waals surface area contributed by atoms with Crippen molar-refractivity contribution in [3.8, 4) is 6.07 Å². The van der Waals surface area contributed by atoms with Gasteiger partial charge in [-0.15, -0.1) is 0 Å². The van der Waals surface area contributed by atoms with Crippen molar-refractivity contribution < 1.29 is 14.3 Å². The number of furan rings is 1. The van der Waals surface area contributed by atoms with Gasteiger partial charge in [0.05, 0.1) is 17.8 Å². The van der Waals surface area contributed by atoms with Gasteiger partial charge in [0.1, 0.15) is 23.2 Å². The van der Waals surface area contributed by atoms with Gasteiger partial charge in [-0.2, -0.15) is 5.26 Å². The fourth-order valence-electron chi connectivity index (χ4n) is 1.79. The van der Waals surface area contributed by atoms with Crippen LogP contribution in [0.25, 0.3) is 0 Å². The number of nitriles is 1. The van der Waals surface area contributed by atoms with Gasteiger partial charge in [-0.25, -0.2) is 4.79 Å². The summed E-state index contributed by atoms with van der Waals surface area (Å²) < 4.78 is 6.21. The topological polar surface area (TPSA) is 86.3 Å². The van der Waals surface area contributed by atoms with Gasteiger partial charge in [0.15, 0.2) is 0 Å². The summed E-state index contributed by atoms with van der Waals surface area (Å²) in [6, 6.07) is 8.83.